The van der Waals surface area contributed by atoms with Crippen LogP contribution in [0.15, 0.2) is 47.6 Å². The van der Waals surface area contributed by atoms with Crippen LogP contribution in [0, 0.1) is 0 Å². The Kier molecular flexibility index (Phi) is 5.24. The Balaban J connectivity index is 1.58. The summed E-state index contributed by atoms with van der Waals surface area (Å²) >= 11 is 0. The number of piperidine rings is 1. The fraction of sp³-hybridized carbons (Fsp3) is 0.409. The molecule has 7 heteroatoms. The molecule has 0 bridgehead atoms. The van der Waals surface area contributed by atoms with E-state index in [4.69, 9.17) is 0 Å². The number of benzene rings is 2. The van der Waals surface area contributed by atoms with Crippen LogP contribution in [-0.2, 0) is 14.1 Å². The summed E-state index contributed by atoms with van der Waals surface area (Å²) in [5.74, 6) is 0. The Hall–Kier alpha value is -2.93. The van der Waals surface area contributed by atoms with E-state index in [9.17, 15) is 5.11 Å². The van der Waals surface area contributed by atoms with Gasteiger partial charge in [0.05, 0.1) is 22.8 Å². The van der Waals surface area contributed by atoms with Crippen LogP contribution in [0.1, 0.15) is 12.8 Å². The summed E-state index contributed by atoms with van der Waals surface area (Å²) < 4.78 is 4.18. The van der Waals surface area contributed by atoms with Gasteiger partial charge < -0.3 is 24.0 Å². The number of aromatic nitrogens is 2. The van der Waals surface area contributed by atoms with Crippen molar-refractivity contribution in [3.8, 4) is 0 Å². The first-order valence-corrected chi connectivity index (χ1v) is 10.1. The molecule has 0 amide bonds. The van der Waals surface area contributed by atoms with Crippen LogP contribution >= 0.6 is 0 Å². The lowest BCUT2D eigenvalue weighted by molar-refractivity contribution is 0.154. The van der Waals surface area contributed by atoms with Crippen molar-refractivity contribution in [1.29, 1.82) is 0 Å². The fourth-order valence-corrected chi connectivity index (χ4v) is 3.98. The molecule has 1 aliphatic rings. The molecule has 0 saturated carbocycles. The van der Waals surface area contributed by atoms with Gasteiger partial charge in [0.2, 0.25) is 5.62 Å². The van der Waals surface area contributed by atoms with Crippen molar-refractivity contribution in [3.05, 3.63) is 48.1 Å². The first kappa shape index (κ1) is 19.4. The molecule has 0 aliphatic carbocycles. The van der Waals surface area contributed by atoms with Crippen LogP contribution in [0.3, 0.4) is 0 Å². The molecule has 2 N–H and O–H groups in total. The highest BCUT2D eigenvalue weighted by molar-refractivity contribution is 5.80. The number of anilines is 3. The van der Waals surface area contributed by atoms with Crippen molar-refractivity contribution >= 4 is 28.1 Å². The molecule has 4 rings (SSSR count). The van der Waals surface area contributed by atoms with E-state index in [1.54, 1.807) is 0 Å². The minimum Gasteiger partial charge on any atom is -0.391 e. The number of hydrogen-bond acceptors (Lipinski definition) is 5. The van der Waals surface area contributed by atoms with E-state index in [1.165, 1.54) is 0 Å². The third-order valence-electron chi connectivity index (χ3n) is 5.71. The highest BCUT2D eigenvalue weighted by Gasteiger charge is 2.17. The van der Waals surface area contributed by atoms with Crippen molar-refractivity contribution < 1.29 is 5.11 Å². The predicted octanol–water partition coefficient (Wildman–Crippen LogP) is 2.47. The highest BCUT2D eigenvalue weighted by Crippen LogP contribution is 2.22. The monoisotopic (exact) mass is 394 g/mol. The molecule has 29 heavy (non-hydrogen) atoms. The maximum absolute atomic E-state index is 9.89. The SMILES string of the molecule is CN(C)c1ccc2c(c1)n(C)c(=NNc1ccc(N3CCCC(O)C3)cc1)n2C. The normalized spacial score (nSPS) is 17.8. The maximum Gasteiger partial charge on any atom is 0.227 e. The third kappa shape index (κ3) is 3.82. The minimum absolute atomic E-state index is 0.226. The number of hydrogen-bond donors (Lipinski definition) is 2. The Morgan fingerprint density at radius 2 is 1.76 bits per heavy atom. The molecule has 0 spiro atoms. The van der Waals surface area contributed by atoms with Gasteiger partial charge in [0.15, 0.2) is 0 Å². The molecule has 0 radical (unpaired) electrons. The fourth-order valence-electron chi connectivity index (χ4n) is 3.98. The zero-order valence-corrected chi connectivity index (χ0v) is 17.6. The van der Waals surface area contributed by atoms with Gasteiger partial charge in [-0.25, -0.2) is 0 Å². The van der Waals surface area contributed by atoms with Crippen LogP contribution in [0.5, 0.6) is 0 Å². The topological polar surface area (TPSA) is 61.0 Å². The summed E-state index contributed by atoms with van der Waals surface area (Å²) in [6.45, 7) is 1.70. The van der Waals surface area contributed by atoms with Gasteiger partial charge in [-0.1, -0.05) is 0 Å². The van der Waals surface area contributed by atoms with E-state index in [0.717, 1.165) is 53.1 Å². The van der Waals surface area contributed by atoms with Gasteiger partial charge >= 0.3 is 0 Å². The van der Waals surface area contributed by atoms with E-state index in [1.807, 2.05) is 40.3 Å². The number of fused-ring (bicyclic) bond motifs is 1. The van der Waals surface area contributed by atoms with E-state index < -0.39 is 0 Å². The molecular weight excluding hydrogens is 364 g/mol. The quantitative estimate of drug-likeness (QED) is 0.668. The average Bonchev–Trinajstić information content (AvgIpc) is 2.96. The van der Waals surface area contributed by atoms with Crippen molar-refractivity contribution in [3.63, 3.8) is 0 Å². The molecule has 1 atom stereocenters. The van der Waals surface area contributed by atoms with Crippen molar-refractivity contribution in [2.45, 2.75) is 18.9 Å². The van der Waals surface area contributed by atoms with E-state index in [-0.39, 0.29) is 6.10 Å². The summed E-state index contributed by atoms with van der Waals surface area (Å²) in [4.78, 5) is 4.34. The molecule has 1 aliphatic heterocycles. The second-order valence-corrected chi connectivity index (χ2v) is 8.00. The van der Waals surface area contributed by atoms with Gasteiger partial charge in [0.25, 0.3) is 0 Å². The molecule has 1 unspecified atom stereocenters. The van der Waals surface area contributed by atoms with E-state index in [2.05, 4.69) is 59.8 Å². The van der Waals surface area contributed by atoms with Crippen LogP contribution in [0.4, 0.5) is 17.1 Å². The van der Waals surface area contributed by atoms with Gasteiger partial charge in [-0.3, -0.25) is 5.43 Å². The smallest absolute Gasteiger partial charge is 0.227 e. The third-order valence-corrected chi connectivity index (χ3v) is 5.71. The molecule has 1 aromatic heterocycles. The van der Waals surface area contributed by atoms with Gasteiger partial charge in [-0.05, 0) is 55.3 Å². The summed E-state index contributed by atoms with van der Waals surface area (Å²) in [5.41, 5.74) is 9.54. The zero-order chi connectivity index (χ0) is 20.5. The Bertz CT molecular complexity index is 1060. The summed E-state index contributed by atoms with van der Waals surface area (Å²) in [6, 6.07) is 14.7. The summed E-state index contributed by atoms with van der Waals surface area (Å²) in [7, 11) is 8.16. The lowest BCUT2D eigenvalue weighted by Gasteiger charge is -2.32. The van der Waals surface area contributed by atoms with Crippen molar-refractivity contribution in [2.75, 3.05) is 42.4 Å². The minimum atomic E-state index is -0.226. The number of nitrogens with one attached hydrogen (secondary N) is 1. The van der Waals surface area contributed by atoms with Crippen LogP contribution in [0.25, 0.3) is 11.0 Å². The number of aryl methyl sites for hydroxylation is 2. The first-order valence-electron chi connectivity index (χ1n) is 10.1. The number of aliphatic hydroxyl groups is 1. The summed E-state index contributed by atoms with van der Waals surface area (Å²) in [5, 5.41) is 14.5. The maximum atomic E-state index is 9.89. The number of rotatable bonds is 4. The van der Waals surface area contributed by atoms with Gasteiger partial charge in [-0.2, -0.15) is 0 Å². The van der Waals surface area contributed by atoms with Gasteiger partial charge in [-0.15, -0.1) is 5.10 Å². The van der Waals surface area contributed by atoms with Crippen LogP contribution in [0.2, 0.25) is 0 Å². The first-order chi connectivity index (χ1) is 13.9. The lowest BCUT2D eigenvalue weighted by Crippen LogP contribution is -2.38. The number of nitrogens with zero attached hydrogens (tertiary/aromatic N) is 5. The Morgan fingerprint density at radius 1 is 1.03 bits per heavy atom. The highest BCUT2D eigenvalue weighted by atomic mass is 16.3. The molecular formula is C22H30N6O. The predicted molar refractivity (Wildman–Crippen MR) is 119 cm³/mol. The molecule has 154 valence electrons. The van der Waals surface area contributed by atoms with Crippen molar-refractivity contribution in [1.82, 2.24) is 9.13 Å². The molecule has 1 saturated heterocycles. The Morgan fingerprint density at radius 3 is 2.45 bits per heavy atom. The van der Waals surface area contributed by atoms with Gasteiger partial charge in [0.1, 0.15) is 0 Å². The van der Waals surface area contributed by atoms with Crippen LogP contribution in [-0.4, -0.2) is 47.5 Å². The molecule has 3 aromatic rings. The van der Waals surface area contributed by atoms with E-state index >= 15 is 0 Å². The number of β-amino-alcohol motifs (C(OH)–C–C–N with tert-alkyl or cyclic N) is 1. The van der Waals surface area contributed by atoms with Crippen molar-refractivity contribution in [2.24, 2.45) is 19.2 Å². The molecule has 2 aromatic carbocycles. The molecule has 2 heterocycles. The average molecular weight is 395 g/mol. The van der Waals surface area contributed by atoms with Crippen LogP contribution < -0.4 is 20.8 Å². The second kappa shape index (κ2) is 7.83. The lowest BCUT2D eigenvalue weighted by atomic mass is 10.1. The second-order valence-electron chi connectivity index (χ2n) is 8.00. The number of aliphatic hydroxyl groups excluding tert-OH is 1. The standard InChI is InChI=1S/C22H30N6O/c1-25(2)18-11-12-20-21(14-18)27(4)22(26(20)3)24-23-16-7-9-17(10-8-16)28-13-5-6-19(29)15-28/h7-12,14,19,23,29H,5-6,13,15H2,1-4H3. The molecule has 1 fully saturated rings. The van der Waals surface area contributed by atoms with E-state index in [0.29, 0.717) is 6.54 Å². The van der Waals surface area contributed by atoms with Gasteiger partial charge in [0, 0.05) is 52.7 Å². The molecule has 7 nitrogen and oxygen atoms in total. The summed E-state index contributed by atoms with van der Waals surface area (Å²) in [6.07, 6.45) is 1.70. The Labute approximate surface area is 171 Å². The number of imidazole rings is 1. The zero-order valence-electron chi connectivity index (χ0n) is 17.6. The largest absolute Gasteiger partial charge is 0.391 e.